The van der Waals surface area contributed by atoms with Gasteiger partial charge in [0.15, 0.2) is 0 Å². The van der Waals surface area contributed by atoms with Crippen molar-refractivity contribution in [1.29, 1.82) is 0 Å². The molecule has 178 valence electrons. The van der Waals surface area contributed by atoms with Crippen LogP contribution in [0.1, 0.15) is 101 Å². The number of carbonyl (C=O) groups is 2. The Morgan fingerprint density at radius 2 is 1.03 bits per heavy atom. The van der Waals surface area contributed by atoms with Gasteiger partial charge in [0.2, 0.25) is 0 Å². The molecule has 0 amide bonds. The van der Waals surface area contributed by atoms with Gasteiger partial charge < -0.3 is 9.47 Å². The average molecular weight is 443 g/mol. The van der Waals surface area contributed by atoms with E-state index in [1.165, 1.54) is 12.8 Å². The molecule has 2 aliphatic carbocycles. The van der Waals surface area contributed by atoms with Crippen LogP contribution in [0.3, 0.4) is 0 Å². The summed E-state index contributed by atoms with van der Waals surface area (Å²) in [6, 6.07) is 6.77. The summed E-state index contributed by atoms with van der Waals surface area (Å²) >= 11 is 0. The Hall–Kier alpha value is -1.84. The number of esters is 2. The molecule has 4 nitrogen and oxygen atoms in total. The summed E-state index contributed by atoms with van der Waals surface area (Å²) in [7, 11) is 0. The molecular weight excluding hydrogens is 400 g/mol. The number of hydrogen-bond donors (Lipinski definition) is 0. The molecule has 6 atom stereocenters. The monoisotopic (exact) mass is 442 g/mol. The van der Waals surface area contributed by atoms with Gasteiger partial charge in [-0.3, -0.25) is 0 Å². The van der Waals surface area contributed by atoms with Crippen LogP contribution in [-0.2, 0) is 9.47 Å². The first kappa shape index (κ1) is 24.8. The molecule has 0 saturated heterocycles. The van der Waals surface area contributed by atoms with Gasteiger partial charge in [0.25, 0.3) is 0 Å². The topological polar surface area (TPSA) is 52.6 Å². The van der Waals surface area contributed by atoms with E-state index in [1.54, 1.807) is 24.3 Å². The summed E-state index contributed by atoms with van der Waals surface area (Å²) in [5.41, 5.74) is 0.988. The Balaban J connectivity index is 1.62. The molecule has 0 heterocycles. The van der Waals surface area contributed by atoms with Crippen LogP contribution >= 0.6 is 0 Å². The second-order valence-corrected chi connectivity index (χ2v) is 11.1. The zero-order valence-electron chi connectivity index (χ0n) is 20.8. The third-order valence-corrected chi connectivity index (χ3v) is 7.80. The summed E-state index contributed by atoms with van der Waals surface area (Å²) in [5.74, 6) is 2.39. The van der Waals surface area contributed by atoms with Crippen LogP contribution < -0.4 is 0 Å². The number of hydrogen-bond acceptors (Lipinski definition) is 4. The van der Waals surface area contributed by atoms with Crippen LogP contribution in [0.5, 0.6) is 0 Å². The van der Waals surface area contributed by atoms with Gasteiger partial charge in [-0.15, -0.1) is 0 Å². The molecule has 0 aromatic heterocycles. The molecule has 1 aromatic rings. The highest BCUT2D eigenvalue weighted by Gasteiger charge is 2.35. The highest BCUT2D eigenvalue weighted by molar-refractivity contribution is 5.93. The minimum Gasteiger partial charge on any atom is -0.458 e. The summed E-state index contributed by atoms with van der Waals surface area (Å²) in [4.78, 5) is 25.6. The van der Waals surface area contributed by atoms with Gasteiger partial charge in [0, 0.05) is 0 Å². The second-order valence-electron chi connectivity index (χ2n) is 11.1. The smallest absolute Gasteiger partial charge is 0.338 e. The van der Waals surface area contributed by atoms with Gasteiger partial charge in [-0.1, -0.05) is 54.4 Å². The molecule has 0 aliphatic heterocycles. The Kier molecular flexibility index (Phi) is 8.41. The SMILES string of the molecule is CC(C)[C@H]1CC[C@@H](C)C[C@H]1OC(=O)c1ccc(C(=O)O[C@@H]2C[C@H](C)CC[C@H]2C(C)C)cc1. The van der Waals surface area contributed by atoms with Crippen molar-refractivity contribution in [3.63, 3.8) is 0 Å². The van der Waals surface area contributed by atoms with Crippen LogP contribution in [0.2, 0.25) is 0 Å². The summed E-state index contributed by atoms with van der Waals surface area (Å²) in [5, 5.41) is 0. The van der Waals surface area contributed by atoms with Crippen molar-refractivity contribution in [3.8, 4) is 0 Å². The Bertz CT molecular complexity index is 701. The molecule has 3 rings (SSSR count). The third kappa shape index (κ3) is 6.14. The van der Waals surface area contributed by atoms with Crippen molar-refractivity contribution in [1.82, 2.24) is 0 Å². The first-order valence-electron chi connectivity index (χ1n) is 12.7. The lowest BCUT2D eigenvalue weighted by Crippen LogP contribution is -2.36. The Morgan fingerprint density at radius 1 is 0.688 bits per heavy atom. The molecule has 0 N–H and O–H groups in total. The predicted octanol–water partition coefficient (Wildman–Crippen LogP) is 6.92. The standard InChI is InChI=1S/C28H42O4/c1-17(2)23-13-7-19(5)15-25(23)31-27(29)21-9-11-22(12-10-21)28(30)32-26-16-20(6)8-14-24(26)18(3)4/h9-12,17-20,23-26H,7-8,13-16H2,1-6H3/t19-,20-,23-,24+,25-,26-/m1/s1. The lowest BCUT2D eigenvalue weighted by molar-refractivity contribution is -0.0185. The van der Waals surface area contributed by atoms with Crippen LogP contribution in [-0.4, -0.2) is 24.1 Å². The molecule has 1 aromatic carbocycles. The summed E-state index contributed by atoms with van der Waals surface area (Å²) in [6.45, 7) is 13.3. The maximum absolute atomic E-state index is 12.8. The Labute approximate surface area is 194 Å². The maximum Gasteiger partial charge on any atom is 0.338 e. The van der Waals surface area contributed by atoms with Crippen LogP contribution in [0.15, 0.2) is 24.3 Å². The predicted molar refractivity (Wildman–Crippen MR) is 128 cm³/mol. The van der Waals surface area contributed by atoms with E-state index in [2.05, 4.69) is 41.5 Å². The number of ether oxygens (including phenoxy) is 2. The molecule has 4 heteroatoms. The van der Waals surface area contributed by atoms with E-state index in [-0.39, 0.29) is 24.1 Å². The van der Waals surface area contributed by atoms with E-state index < -0.39 is 0 Å². The number of rotatable bonds is 6. The number of benzene rings is 1. The van der Waals surface area contributed by atoms with E-state index in [0.717, 1.165) is 25.7 Å². The highest BCUT2D eigenvalue weighted by atomic mass is 16.5. The average Bonchev–Trinajstić information content (AvgIpc) is 2.73. The molecule has 2 aliphatic rings. The lowest BCUT2D eigenvalue weighted by atomic mass is 9.75. The fourth-order valence-electron chi connectivity index (χ4n) is 5.65. The zero-order chi connectivity index (χ0) is 23.4. The van der Waals surface area contributed by atoms with Gasteiger partial charge >= 0.3 is 11.9 Å². The van der Waals surface area contributed by atoms with Crippen molar-refractivity contribution in [2.75, 3.05) is 0 Å². The quantitative estimate of drug-likeness (QED) is 0.449. The molecular formula is C28H42O4. The van der Waals surface area contributed by atoms with Crippen molar-refractivity contribution in [3.05, 3.63) is 35.4 Å². The third-order valence-electron chi connectivity index (χ3n) is 7.80. The largest absolute Gasteiger partial charge is 0.458 e. The van der Waals surface area contributed by atoms with Gasteiger partial charge in [-0.05, 0) is 85.5 Å². The lowest BCUT2D eigenvalue weighted by Gasteiger charge is -2.36. The Morgan fingerprint density at radius 3 is 1.34 bits per heavy atom. The van der Waals surface area contributed by atoms with E-state index in [0.29, 0.717) is 46.6 Å². The minimum absolute atomic E-state index is 0.0304. The zero-order valence-corrected chi connectivity index (χ0v) is 20.8. The van der Waals surface area contributed by atoms with Gasteiger partial charge in [0.1, 0.15) is 12.2 Å². The summed E-state index contributed by atoms with van der Waals surface area (Å²) in [6.07, 6.45) is 6.41. The number of carbonyl (C=O) groups excluding carboxylic acids is 2. The van der Waals surface area contributed by atoms with Gasteiger partial charge in [0.05, 0.1) is 11.1 Å². The van der Waals surface area contributed by atoms with Crippen LogP contribution in [0.25, 0.3) is 0 Å². The van der Waals surface area contributed by atoms with Crippen molar-refractivity contribution >= 4 is 11.9 Å². The van der Waals surface area contributed by atoms with Crippen LogP contribution in [0.4, 0.5) is 0 Å². The van der Waals surface area contributed by atoms with Crippen LogP contribution in [0, 0.1) is 35.5 Å². The molecule has 2 fully saturated rings. The second kappa shape index (κ2) is 10.9. The fourth-order valence-corrected chi connectivity index (χ4v) is 5.65. The molecule has 32 heavy (non-hydrogen) atoms. The molecule has 0 spiro atoms. The van der Waals surface area contributed by atoms with Crippen molar-refractivity contribution < 1.29 is 19.1 Å². The first-order chi connectivity index (χ1) is 15.2. The van der Waals surface area contributed by atoms with Crippen molar-refractivity contribution in [2.45, 2.75) is 92.3 Å². The fraction of sp³-hybridized carbons (Fsp3) is 0.714. The van der Waals surface area contributed by atoms with Crippen molar-refractivity contribution in [2.24, 2.45) is 35.5 Å². The van der Waals surface area contributed by atoms with E-state index in [4.69, 9.17) is 9.47 Å². The normalized spacial score (nSPS) is 30.9. The van der Waals surface area contributed by atoms with E-state index >= 15 is 0 Å². The maximum atomic E-state index is 12.8. The van der Waals surface area contributed by atoms with E-state index in [9.17, 15) is 9.59 Å². The minimum atomic E-state index is -0.296. The molecule has 2 saturated carbocycles. The van der Waals surface area contributed by atoms with Gasteiger partial charge in [-0.2, -0.15) is 0 Å². The van der Waals surface area contributed by atoms with Gasteiger partial charge in [-0.25, -0.2) is 9.59 Å². The first-order valence-corrected chi connectivity index (χ1v) is 12.7. The summed E-state index contributed by atoms with van der Waals surface area (Å²) < 4.78 is 11.9. The molecule has 0 unspecified atom stereocenters. The molecule has 0 radical (unpaired) electrons. The highest BCUT2D eigenvalue weighted by Crippen LogP contribution is 2.37. The van der Waals surface area contributed by atoms with E-state index in [1.807, 2.05) is 0 Å². The molecule has 0 bridgehead atoms.